The van der Waals surface area contributed by atoms with Gasteiger partial charge in [0, 0.05) is 129 Å². The molecule has 0 saturated carbocycles. The highest BCUT2D eigenvalue weighted by atomic mass is 33.1. The number of carbonyl (C=O) groups is 10. The van der Waals surface area contributed by atoms with Gasteiger partial charge in [0.2, 0.25) is 23.6 Å². The fourth-order valence-corrected chi connectivity index (χ4v) is 15.7. The number of methoxy groups -OCH3 is 4. The largest absolute Gasteiger partial charge is 0.508 e. The molecule has 1 aromatic carbocycles. The van der Waals surface area contributed by atoms with Crippen LogP contribution < -0.4 is 21.3 Å². The average Bonchev–Trinajstić information content (AvgIpc) is 1.76. The summed E-state index contributed by atoms with van der Waals surface area (Å²) >= 11 is 1.32. The summed E-state index contributed by atoms with van der Waals surface area (Å²) in [4.78, 5) is 139. The second kappa shape index (κ2) is 77.4. The number of piperidine rings is 1. The van der Waals surface area contributed by atoms with Crippen molar-refractivity contribution in [1.29, 1.82) is 0 Å². The first kappa shape index (κ1) is 126. The molecule has 1 aliphatic heterocycles. The van der Waals surface area contributed by atoms with Gasteiger partial charge in [0.1, 0.15) is 53.4 Å². The molecule has 2 aromatic heterocycles. The van der Waals surface area contributed by atoms with Gasteiger partial charge in [0.15, 0.2) is 25.2 Å². The number of likely N-dealkylation sites (tertiary alicyclic amines) is 1. The molecule has 1 saturated heterocycles. The number of aliphatic hydroxyl groups is 5. The van der Waals surface area contributed by atoms with E-state index in [2.05, 4.69) is 45.0 Å². The summed E-state index contributed by atoms with van der Waals surface area (Å²) in [6.07, 6.45) is 7.19. The van der Waals surface area contributed by atoms with Gasteiger partial charge in [-0.05, 0) is 156 Å². The van der Waals surface area contributed by atoms with Crippen molar-refractivity contribution in [3.8, 4) is 5.75 Å². The molecule has 1 fully saturated rings. The highest BCUT2D eigenvalue weighted by molar-refractivity contribution is 8.76. The molecular weight excluding hydrogens is 1820 g/mol. The first-order valence-electron chi connectivity index (χ1n) is 47.1. The van der Waals surface area contributed by atoms with E-state index < -0.39 is 91.1 Å². The summed E-state index contributed by atoms with van der Waals surface area (Å²) in [5.74, 6) is -3.64. The van der Waals surface area contributed by atoms with Gasteiger partial charge in [0.25, 0.3) is 5.91 Å². The lowest BCUT2D eigenvalue weighted by atomic mass is 9.92. The minimum absolute atomic E-state index is 0.0215. The summed E-state index contributed by atoms with van der Waals surface area (Å²) in [6.45, 7) is 23.2. The number of thiazole rings is 1. The number of carboxylic acid groups (broad SMARTS) is 1. The lowest BCUT2D eigenvalue weighted by molar-refractivity contribution is -0.194. The molecule has 4 rings (SSSR count). The van der Waals surface area contributed by atoms with Crippen LogP contribution in [0.5, 0.6) is 5.75 Å². The fraction of sp³-hybridized carbons (Fsp3) is 0.745. The Hall–Kier alpha value is -7.40. The maximum Gasteiger partial charge on any atom is 0.308 e. The van der Waals surface area contributed by atoms with Gasteiger partial charge >= 0.3 is 29.8 Å². The summed E-state index contributed by atoms with van der Waals surface area (Å²) in [5, 5.41) is 78.3. The van der Waals surface area contributed by atoms with Crippen LogP contribution in [0.25, 0.3) is 0 Å². The van der Waals surface area contributed by atoms with E-state index in [-0.39, 0.29) is 201 Å². The van der Waals surface area contributed by atoms with E-state index in [4.69, 9.17) is 92.1 Å². The van der Waals surface area contributed by atoms with Crippen molar-refractivity contribution >= 4 is 92.3 Å². The van der Waals surface area contributed by atoms with Gasteiger partial charge < -0.3 is 123 Å². The molecule has 15 atom stereocenters. The molecule has 1 aliphatic rings. The third-order valence-electron chi connectivity index (χ3n) is 21.4. The molecule has 135 heavy (non-hydrogen) atoms. The number of ether oxygens (including phenoxy) is 13. The Bertz CT molecular complexity index is 3640. The number of amides is 5. The van der Waals surface area contributed by atoms with Gasteiger partial charge in [-0.1, -0.05) is 118 Å². The minimum Gasteiger partial charge on any atom is -0.508 e. The monoisotopic (exact) mass is 1980 g/mol. The van der Waals surface area contributed by atoms with Crippen LogP contribution in [0.3, 0.4) is 0 Å². The number of esters is 4. The van der Waals surface area contributed by atoms with Gasteiger partial charge in [-0.25, -0.2) is 9.97 Å². The number of aromatic nitrogens is 2. The Kier molecular flexibility index (Phi) is 72.0. The van der Waals surface area contributed by atoms with Crippen LogP contribution in [-0.4, -0.2) is 322 Å². The van der Waals surface area contributed by atoms with Crippen molar-refractivity contribution < 1.29 is 145 Å². The lowest BCUT2D eigenvalue weighted by Crippen LogP contribution is -2.58. The van der Waals surface area contributed by atoms with E-state index in [1.165, 1.54) is 39.8 Å². The van der Waals surface area contributed by atoms with Crippen LogP contribution in [0.4, 0.5) is 0 Å². The Balaban J connectivity index is 0.00000124. The number of hydrogen-bond donors (Lipinski definition) is 11. The zero-order valence-corrected chi connectivity index (χ0v) is 84.8. The van der Waals surface area contributed by atoms with E-state index >= 15 is 0 Å². The normalized spacial score (nSPS) is 15.7. The number of aromatic hydroxyl groups is 1. The molecule has 0 radical (unpaired) electrons. The number of aliphatic hydroxyl groups excluding tert-OH is 5. The van der Waals surface area contributed by atoms with E-state index in [1.54, 1.807) is 64.4 Å². The zero-order valence-electron chi connectivity index (χ0n) is 82.3. The van der Waals surface area contributed by atoms with Crippen LogP contribution in [0, 0.1) is 17.8 Å². The van der Waals surface area contributed by atoms with E-state index in [9.17, 15) is 58.2 Å². The molecule has 3 heterocycles. The maximum atomic E-state index is 14.8. The van der Waals surface area contributed by atoms with Crippen molar-refractivity contribution in [3.63, 3.8) is 0 Å². The average molecular weight is 1980 g/mol. The number of phenolic OH excluding ortho intramolecular Hbond substituents is 1. The second-order valence-electron chi connectivity index (χ2n) is 32.6. The fourth-order valence-electron chi connectivity index (χ4n) is 13.1. The summed E-state index contributed by atoms with van der Waals surface area (Å²) < 4.78 is 68.7. The zero-order chi connectivity index (χ0) is 101. The Morgan fingerprint density at radius 3 is 1.56 bits per heavy atom. The van der Waals surface area contributed by atoms with Crippen molar-refractivity contribution in [2.45, 2.75) is 309 Å². The topological polar surface area (TPSA) is 513 Å². The van der Waals surface area contributed by atoms with Crippen LogP contribution in [-0.2, 0) is 111 Å². The summed E-state index contributed by atoms with van der Waals surface area (Å²) in [7, 11) is 10.9. The molecule has 8 unspecified atom stereocenters. The number of likely N-dealkylation sites (N-methyl/N-ethyl adjacent to an activating group) is 1. The number of carbonyl (C=O) groups excluding carboxylic acids is 9. The Morgan fingerprint density at radius 2 is 1.10 bits per heavy atom. The van der Waals surface area contributed by atoms with Crippen LogP contribution in [0.15, 0.2) is 59.1 Å². The SMILES string of the molecule is CCC(CO)OC(CO)OC.CCC(CO)OC(COC(=O)CCCC(=O)NCCSSc1ccccn1)OC.CCC(CO)OC(COC(=O)CCCC(=O)O)OC.CCCO[C@H](C[C@H](C(C)C)N(CCC)C(=O)[C@@H](NC(=O)[C@H]1CCCCN1C)[C@@H](C)CC)c1nc(C(=O)N[C@@H](Cc2ccc(O)cc2)C[C@H](C)C(=O)OCCCNC(=O)CCCC(=O)OCC(OC)OC(CC)CO)cs1. The summed E-state index contributed by atoms with van der Waals surface area (Å²) in [5.41, 5.74) is 1.03. The number of aliphatic carboxylic acids is 1. The van der Waals surface area contributed by atoms with Gasteiger partial charge in [0.05, 0.1) is 76.0 Å². The number of pyridine rings is 1. The molecule has 38 nitrogen and oxygen atoms in total. The van der Waals surface area contributed by atoms with Crippen LogP contribution in [0.1, 0.15) is 245 Å². The van der Waals surface area contributed by atoms with E-state index in [1.807, 2.05) is 85.5 Å². The first-order valence-corrected chi connectivity index (χ1v) is 50.3. The number of nitrogens with zero attached hydrogens (tertiary/aromatic N) is 4. The quantitative estimate of drug-likeness (QED) is 0.00823. The highest BCUT2D eigenvalue weighted by Crippen LogP contribution is 2.33. The number of phenols is 1. The van der Waals surface area contributed by atoms with Gasteiger partial charge in [-0.2, -0.15) is 0 Å². The second-order valence-corrected chi connectivity index (χ2v) is 35.9. The number of benzene rings is 1. The standard InChI is InChI=1S/C56H92N6O13S.C19H30N2O6S2.C12H22O7.C7H16O4/c1-11-27-62(55(69)51(38(7)13-3)60-53(68)45-19-15-16-28-61(45)9)46(37(5)6)33-47(72-29-12-2)54-59-44(36-76-54)52(67)58-41(32-40-22-24-42(64)25-23-40)31-39(8)56(70)73-30-18-26-57-48(65)20-17-21-49(66)74-35-50(71-10)75-43(14-4)34-63;1-3-15(13-22)27-19(25-2)14-26-18(24)9-6-7-16(23)20-11-12-28-29-17-8-4-5-10-21-17;1-3-9(7-13)19-12(17-2)8-18-11(16)6-4-5-10(14)15;1-3-6(4-8)11-7(5-9)10-2/h22-25,36-39,41,43,45-47,50-51,63-64H,11-21,26-35H2,1-10H3,(H,57,65)(H,58,67)(H,60,68);4-5,8,10,15,19,22H,3,6-7,9,11-14H2,1-2H3,(H,20,23);9,12-13H,3-8H2,1-2H3,(H,14,15);6-9H,3-5H2,1-2H3/t38-,39-,41+,43?,45+,46+,47+,50?,51-;;;/m0.../s1. The highest BCUT2D eigenvalue weighted by Gasteiger charge is 2.39. The number of nitrogens with one attached hydrogen (secondary N) is 4. The molecule has 11 N–H and O–H groups in total. The van der Waals surface area contributed by atoms with E-state index in [0.29, 0.717) is 82.5 Å². The molecule has 0 spiro atoms. The number of hydrogen-bond acceptors (Lipinski definition) is 35. The predicted octanol–water partition coefficient (Wildman–Crippen LogP) is 9.57. The van der Waals surface area contributed by atoms with Gasteiger partial charge in [-0.3, -0.25) is 52.8 Å². The predicted molar refractivity (Wildman–Crippen MR) is 510 cm³/mol. The molecule has 774 valence electrons. The molecular formula is C94H160N8O30S3. The Morgan fingerprint density at radius 1 is 0.585 bits per heavy atom. The lowest BCUT2D eigenvalue weighted by Gasteiger charge is -2.40. The van der Waals surface area contributed by atoms with Crippen molar-refractivity contribution in [2.75, 3.05) is 133 Å². The van der Waals surface area contributed by atoms with Crippen LogP contribution >= 0.6 is 32.9 Å². The van der Waals surface area contributed by atoms with Gasteiger partial charge in [-0.15, -0.1) is 11.3 Å². The first-order chi connectivity index (χ1) is 64.8. The summed E-state index contributed by atoms with van der Waals surface area (Å²) in [6, 6.07) is 10.6. The van der Waals surface area contributed by atoms with E-state index in [0.717, 1.165) is 55.0 Å². The van der Waals surface area contributed by atoms with Crippen LogP contribution in [0.2, 0.25) is 0 Å². The third-order valence-corrected chi connectivity index (χ3v) is 24.6. The number of rotatable bonds is 70. The molecule has 3 aromatic rings. The number of carboxylic acids is 1. The molecule has 41 heteroatoms. The smallest absolute Gasteiger partial charge is 0.308 e. The minimum atomic E-state index is -0.945. The van der Waals surface area contributed by atoms with Crippen molar-refractivity contribution in [3.05, 3.63) is 70.3 Å². The molecule has 0 aliphatic carbocycles. The third kappa shape index (κ3) is 56.4. The molecule has 5 amide bonds. The Labute approximate surface area is 810 Å². The molecule has 0 bridgehead atoms. The van der Waals surface area contributed by atoms with Crippen molar-refractivity contribution in [1.82, 2.24) is 41.0 Å². The van der Waals surface area contributed by atoms with Crippen molar-refractivity contribution in [2.24, 2.45) is 17.8 Å². The maximum absolute atomic E-state index is 14.8.